The summed E-state index contributed by atoms with van der Waals surface area (Å²) >= 11 is 4.71. The normalized spacial score (nSPS) is 10.8. The summed E-state index contributed by atoms with van der Waals surface area (Å²) in [7, 11) is 2.94. The van der Waals surface area contributed by atoms with E-state index in [1.807, 2.05) is 78.2 Å². The van der Waals surface area contributed by atoms with Crippen LogP contribution < -0.4 is 10.1 Å². The second-order valence-electron chi connectivity index (χ2n) is 8.11. The first-order valence-electron chi connectivity index (χ1n) is 11.3. The largest absolute Gasteiger partial charge is 0.497 e. The average Bonchev–Trinajstić information content (AvgIpc) is 3.35. The number of benzene rings is 3. The van der Waals surface area contributed by atoms with Gasteiger partial charge < -0.3 is 14.8 Å². The number of carbonyl (C=O) groups is 2. The Bertz CT molecular complexity index is 1610. The van der Waals surface area contributed by atoms with Crippen molar-refractivity contribution in [1.29, 1.82) is 0 Å². The molecule has 0 saturated carbocycles. The number of esters is 1. The number of carbonyl (C=O) groups excluding carboxylic acids is 2. The van der Waals surface area contributed by atoms with Gasteiger partial charge in [-0.3, -0.25) is 4.79 Å². The van der Waals surface area contributed by atoms with Crippen molar-refractivity contribution in [3.63, 3.8) is 0 Å². The number of halogens is 1. The Hall–Kier alpha value is -4.01. The average molecular weight is 573 g/mol. The van der Waals surface area contributed by atoms with E-state index in [2.05, 4.69) is 21.2 Å². The van der Waals surface area contributed by atoms with Crippen molar-refractivity contribution in [2.45, 2.75) is 0 Å². The Kier molecular flexibility index (Phi) is 7.03. The first kappa shape index (κ1) is 24.7. The molecule has 5 rings (SSSR count). The van der Waals surface area contributed by atoms with Crippen LogP contribution in [0.5, 0.6) is 5.75 Å². The van der Waals surface area contributed by atoms with Gasteiger partial charge in [0.15, 0.2) is 0 Å². The molecule has 8 heteroatoms. The Labute approximate surface area is 226 Å². The SMILES string of the molecule is COC(=O)c1c(-c2ccc(Br)cc2)csc1NC(=O)c1cc(-c2ccc(OC)cc2)nc2ccccc12. The number of hydrogen-bond donors (Lipinski definition) is 1. The molecule has 3 aromatic carbocycles. The number of methoxy groups -OCH3 is 2. The number of para-hydroxylation sites is 1. The zero-order valence-corrected chi connectivity index (χ0v) is 22.4. The number of amides is 1. The molecule has 2 aromatic heterocycles. The lowest BCUT2D eigenvalue weighted by atomic mass is 10.0. The molecule has 0 aliphatic heterocycles. The van der Waals surface area contributed by atoms with E-state index in [1.165, 1.54) is 18.4 Å². The molecule has 0 saturated heterocycles. The van der Waals surface area contributed by atoms with Crippen molar-refractivity contribution in [2.24, 2.45) is 0 Å². The minimum atomic E-state index is -0.520. The summed E-state index contributed by atoms with van der Waals surface area (Å²) in [6, 6.07) is 24.4. The second-order valence-corrected chi connectivity index (χ2v) is 9.90. The second kappa shape index (κ2) is 10.5. The number of anilines is 1. The molecule has 1 N–H and O–H groups in total. The van der Waals surface area contributed by atoms with Crippen molar-refractivity contribution < 1.29 is 19.1 Å². The Morgan fingerprint density at radius 3 is 2.32 bits per heavy atom. The number of pyridine rings is 1. The number of aromatic nitrogens is 1. The van der Waals surface area contributed by atoms with E-state index in [-0.39, 0.29) is 5.91 Å². The van der Waals surface area contributed by atoms with Gasteiger partial charge >= 0.3 is 5.97 Å². The molecule has 2 heterocycles. The van der Waals surface area contributed by atoms with Crippen LogP contribution in [0.1, 0.15) is 20.7 Å². The lowest BCUT2D eigenvalue weighted by Gasteiger charge is -2.12. The molecule has 0 bridgehead atoms. The van der Waals surface area contributed by atoms with Crippen LogP contribution in [0, 0.1) is 0 Å². The van der Waals surface area contributed by atoms with Crippen LogP contribution in [0.4, 0.5) is 5.00 Å². The fraction of sp³-hybridized carbons (Fsp3) is 0.0690. The molecule has 6 nitrogen and oxygen atoms in total. The zero-order valence-electron chi connectivity index (χ0n) is 19.9. The third kappa shape index (κ3) is 4.98. The summed E-state index contributed by atoms with van der Waals surface area (Å²) in [4.78, 5) is 31.2. The van der Waals surface area contributed by atoms with Crippen molar-refractivity contribution in [3.8, 4) is 28.1 Å². The topological polar surface area (TPSA) is 77.5 Å². The summed E-state index contributed by atoms with van der Waals surface area (Å²) in [5.41, 5.74) is 4.50. The third-order valence-corrected chi connectivity index (χ3v) is 7.33. The molecule has 5 aromatic rings. The molecule has 0 unspecified atom stereocenters. The number of rotatable bonds is 6. The van der Waals surface area contributed by atoms with E-state index in [9.17, 15) is 9.59 Å². The van der Waals surface area contributed by atoms with Gasteiger partial charge in [0.2, 0.25) is 0 Å². The maximum atomic E-state index is 13.7. The van der Waals surface area contributed by atoms with E-state index >= 15 is 0 Å². The van der Waals surface area contributed by atoms with E-state index in [4.69, 9.17) is 14.5 Å². The number of ether oxygens (including phenoxy) is 2. The highest BCUT2D eigenvalue weighted by molar-refractivity contribution is 9.10. The molecule has 0 atom stereocenters. The minimum absolute atomic E-state index is 0.317. The molecule has 0 radical (unpaired) electrons. The van der Waals surface area contributed by atoms with E-state index in [0.717, 1.165) is 21.3 Å². The monoisotopic (exact) mass is 572 g/mol. The third-order valence-electron chi connectivity index (χ3n) is 5.91. The number of thiophene rings is 1. The van der Waals surface area contributed by atoms with Crippen LogP contribution in [0.3, 0.4) is 0 Å². The van der Waals surface area contributed by atoms with Gasteiger partial charge in [0.25, 0.3) is 5.91 Å². The van der Waals surface area contributed by atoms with Crippen molar-refractivity contribution in [1.82, 2.24) is 4.98 Å². The zero-order chi connectivity index (χ0) is 25.9. The Morgan fingerprint density at radius 2 is 1.62 bits per heavy atom. The van der Waals surface area contributed by atoms with Crippen molar-refractivity contribution in [2.75, 3.05) is 19.5 Å². The van der Waals surface area contributed by atoms with E-state index in [1.54, 1.807) is 13.2 Å². The summed E-state index contributed by atoms with van der Waals surface area (Å²) in [5, 5.41) is 5.93. The molecular formula is C29H21BrN2O4S. The molecule has 37 heavy (non-hydrogen) atoms. The van der Waals surface area contributed by atoms with Crippen LogP contribution in [0.15, 0.2) is 88.7 Å². The Balaban J connectivity index is 1.56. The van der Waals surface area contributed by atoms with E-state index < -0.39 is 5.97 Å². The van der Waals surface area contributed by atoms with Crippen LogP contribution >= 0.6 is 27.3 Å². The predicted octanol–water partition coefficient (Wildman–Crippen LogP) is 7.44. The van der Waals surface area contributed by atoms with Gasteiger partial charge in [0, 0.05) is 26.4 Å². The van der Waals surface area contributed by atoms with Crippen LogP contribution in [-0.2, 0) is 4.74 Å². The van der Waals surface area contributed by atoms with Gasteiger partial charge in [0.1, 0.15) is 16.3 Å². The van der Waals surface area contributed by atoms with Gasteiger partial charge in [-0.1, -0.05) is 46.3 Å². The molecule has 0 aliphatic carbocycles. The Morgan fingerprint density at radius 1 is 0.919 bits per heavy atom. The molecule has 0 aliphatic rings. The molecular weight excluding hydrogens is 552 g/mol. The van der Waals surface area contributed by atoms with Gasteiger partial charge in [-0.15, -0.1) is 11.3 Å². The summed E-state index contributed by atoms with van der Waals surface area (Å²) in [6.45, 7) is 0. The highest BCUT2D eigenvalue weighted by atomic mass is 79.9. The number of fused-ring (bicyclic) bond motifs is 1. The van der Waals surface area contributed by atoms with E-state index in [0.29, 0.717) is 38.3 Å². The van der Waals surface area contributed by atoms with Crippen LogP contribution in [0.25, 0.3) is 33.3 Å². The lowest BCUT2D eigenvalue weighted by molar-refractivity contribution is 0.0603. The first-order chi connectivity index (χ1) is 18.0. The maximum absolute atomic E-state index is 13.7. The molecule has 1 amide bonds. The van der Waals surface area contributed by atoms with Crippen molar-refractivity contribution in [3.05, 3.63) is 99.8 Å². The maximum Gasteiger partial charge on any atom is 0.341 e. The van der Waals surface area contributed by atoms with Gasteiger partial charge in [-0.2, -0.15) is 0 Å². The highest BCUT2D eigenvalue weighted by Gasteiger charge is 2.24. The predicted molar refractivity (Wildman–Crippen MR) is 150 cm³/mol. The fourth-order valence-electron chi connectivity index (χ4n) is 4.04. The summed E-state index contributed by atoms with van der Waals surface area (Å²) < 4.78 is 11.2. The smallest absolute Gasteiger partial charge is 0.341 e. The quantitative estimate of drug-likeness (QED) is 0.214. The standard InChI is InChI=1S/C29H21BrN2O4S/c1-35-20-13-9-18(10-14-20)25-15-22(21-5-3-4-6-24(21)31-25)27(33)32-28-26(29(34)36-2)23(16-37-28)17-7-11-19(30)12-8-17/h3-16H,1-2H3,(H,32,33). The summed E-state index contributed by atoms with van der Waals surface area (Å²) in [5.74, 6) is -0.132. The van der Waals surface area contributed by atoms with Gasteiger partial charge in [-0.05, 0) is 54.1 Å². The number of nitrogens with zero attached hydrogens (tertiary/aromatic N) is 1. The number of nitrogens with one attached hydrogen (secondary N) is 1. The highest BCUT2D eigenvalue weighted by Crippen LogP contribution is 2.37. The molecule has 0 fully saturated rings. The minimum Gasteiger partial charge on any atom is -0.497 e. The fourth-order valence-corrected chi connectivity index (χ4v) is 5.26. The van der Waals surface area contributed by atoms with Crippen LogP contribution in [-0.4, -0.2) is 31.1 Å². The molecule has 184 valence electrons. The van der Waals surface area contributed by atoms with Gasteiger partial charge in [0.05, 0.1) is 31.0 Å². The number of hydrogen-bond acceptors (Lipinski definition) is 6. The molecule has 0 spiro atoms. The summed E-state index contributed by atoms with van der Waals surface area (Å²) in [6.07, 6.45) is 0. The van der Waals surface area contributed by atoms with Crippen molar-refractivity contribution >= 4 is 55.0 Å². The first-order valence-corrected chi connectivity index (χ1v) is 13.0. The lowest BCUT2D eigenvalue weighted by Crippen LogP contribution is -2.15. The van der Waals surface area contributed by atoms with Gasteiger partial charge in [-0.25, -0.2) is 9.78 Å². The van der Waals surface area contributed by atoms with Crippen LogP contribution in [0.2, 0.25) is 0 Å².